The SMILES string of the molecule is CCCC(CC)COc1ccc(OC)cc1. The topological polar surface area (TPSA) is 18.5 Å². The Balaban J connectivity index is 2.40. The Morgan fingerprint density at radius 2 is 1.69 bits per heavy atom. The van der Waals surface area contributed by atoms with Crippen LogP contribution in [0.2, 0.25) is 0 Å². The zero-order valence-corrected chi connectivity index (χ0v) is 10.5. The number of rotatable bonds is 7. The van der Waals surface area contributed by atoms with E-state index in [1.165, 1.54) is 19.3 Å². The molecule has 1 aromatic carbocycles. The van der Waals surface area contributed by atoms with E-state index in [0.29, 0.717) is 5.92 Å². The van der Waals surface area contributed by atoms with Gasteiger partial charge >= 0.3 is 0 Å². The molecule has 0 spiro atoms. The molecule has 0 saturated carbocycles. The predicted octanol–water partition coefficient (Wildman–Crippen LogP) is 3.90. The van der Waals surface area contributed by atoms with Crippen LogP contribution in [0.4, 0.5) is 0 Å². The van der Waals surface area contributed by atoms with Crippen LogP contribution < -0.4 is 9.47 Å². The maximum absolute atomic E-state index is 5.76. The lowest BCUT2D eigenvalue weighted by Gasteiger charge is -2.15. The molecule has 16 heavy (non-hydrogen) atoms. The molecule has 90 valence electrons. The predicted molar refractivity (Wildman–Crippen MR) is 67.2 cm³/mol. The highest BCUT2D eigenvalue weighted by atomic mass is 16.5. The Morgan fingerprint density at radius 3 is 2.19 bits per heavy atom. The van der Waals surface area contributed by atoms with Crippen LogP contribution in [0.25, 0.3) is 0 Å². The molecule has 0 radical (unpaired) electrons. The largest absolute Gasteiger partial charge is 0.497 e. The number of ether oxygens (including phenoxy) is 2. The minimum absolute atomic E-state index is 0.673. The van der Waals surface area contributed by atoms with Gasteiger partial charge in [0.25, 0.3) is 0 Å². The number of hydrogen-bond acceptors (Lipinski definition) is 2. The van der Waals surface area contributed by atoms with Gasteiger partial charge < -0.3 is 9.47 Å². The summed E-state index contributed by atoms with van der Waals surface area (Å²) >= 11 is 0. The molecule has 1 aromatic rings. The molecule has 1 atom stereocenters. The van der Waals surface area contributed by atoms with Gasteiger partial charge in [-0.25, -0.2) is 0 Å². The third kappa shape index (κ3) is 4.13. The molecule has 0 amide bonds. The highest BCUT2D eigenvalue weighted by Crippen LogP contribution is 2.19. The van der Waals surface area contributed by atoms with Crippen molar-refractivity contribution in [1.82, 2.24) is 0 Å². The molecular weight excluding hydrogens is 200 g/mol. The number of hydrogen-bond donors (Lipinski definition) is 0. The van der Waals surface area contributed by atoms with Crippen LogP contribution in [-0.4, -0.2) is 13.7 Å². The highest BCUT2D eigenvalue weighted by molar-refractivity contribution is 5.31. The van der Waals surface area contributed by atoms with E-state index in [1.54, 1.807) is 7.11 Å². The van der Waals surface area contributed by atoms with Gasteiger partial charge in [0.15, 0.2) is 0 Å². The van der Waals surface area contributed by atoms with Crippen LogP contribution in [0.15, 0.2) is 24.3 Å². The van der Waals surface area contributed by atoms with E-state index in [4.69, 9.17) is 9.47 Å². The molecule has 0 aliphatic rings. The first-order valence-electron chi connectivity index (χ1n) is 6.07. The van der Waals surface area contributed by atoms with E-state index in [1.807, 2.05) is 24.3 Å². The van der Waals surface area contributed by atoms with Gasteiger partial charge in [0.05, 0.1) is 13.7 Å². The molecule has 0 aliphatic heterocycles. The van der Waals surface area contributed by atoms with Crippen LogP contribution >= 0.6 is 0 Å². The quantitative estimate of drug-likeness (QED) is 0.696. The summed E-state index contributed by atoms with van der Waals surface area (Å²) in [6, 6.07) is 7.77. The zero-order chi connectivity index (χ0) is 11.8. The van der Waals surface area contributed by atoms with Gasteiger partial charge in [-0.15, -0.1) is 0 Å². The van der Waals surface area contributed by atoms with E-state index in [-0.39, 0.29) is 0 Å². The van der Waals surface area contributed by atoms with Gasteiger partial charge in [-0.3, -0.25) is 0 Å². The molecule has 2 nitrogen and oxygen atoms in total. The van der Waals surface area contributed by atoms with Gasteiger partial charge in [0, 0.05) is 0 Å². The van der Waals surface area contributed by atoms with Gasteiger partial charge in [0.2, 0.25) is 0 Å². The first kappa shape index (κ1) is 12.9. The van der Waals surface area contributed by atoms with Gasteiger partial charge in [0.1, 0.15) is 11.5 Å². The van der Waals surface area contributed by atoms with Crippen LogP contribution in [-0.2, 0) is 0 Å². The summed E-state index contributed by atoms with van der Waals surface area (Å²) in [6.07, 6.45) is 3.65. The normalized spacial score (nSPS) is 12.2. The van der Waals surface area contributed by atoms with E-state index in [9.17, 15) is 0 Å². The van der Waals surface area contributed by atoms with Gasteiger partial charge in [-0.1, -0.05) is 26.7 Å². The Morgan fingerprint density at radius 1 is 1.06 bits per heavy atom. The first-order chi connectivity index (χ1) is 7.80. The number of benzene rings is 1. The molecule has 1 rings (SSSR count). The molecule has 2 heteroatoms. The maximum Gasteiger partial charge on any atom is 0.119 e. The summed E-state index contributed by atoms with van der Waals surface area (Å²) in [4.78, 5) is 0. The maximum atomic E-state index is 5.76. The molecule has 0 heterocycles. The molecule has 0 N–H and O–H groups in total. The summed E-state index contributed by atoms with van der Waals surface area (Å²) < 4.78 is 10.9. The Bertz CT molecular complexity index is 279. The van der Waals surface area contributed by atoms with Crippen LogP contribution in [0, 0.1) is 5.92 Å². The van der Waals surface area contributed by atoms with Gasteiger partial charge in [-0.2, -0.15) is 0 Å². The van der Waals surface area contributed by atoms with Gasteiger partial charge in [-0.05, 0) is 36.6 Å². The molecule has 0 saturated heterocycles. The summed E-state index contributed by atoms with van der Waals surface area (Å²) in [5.41, 5.74) is 0. The second-order valence-corrected chi connectivity index (χ2v) is 4.05. The van der Waals surface area contributed by atoms with E-state index >= 15 is 0 Å². The third-order valence-electron chi connectivity index (χ3n) is 2.82. The Labute approximate surface area is 98.6 Å². The number of methoxy groups -OCH3 is 1. The second-order valence-electron chi connectivity index (χ2n) is 4.05. The summed E-state index contributed by atoms with van der Waals surface area (Å²) in [7, 11) is 1.67. The monoisotopic (exact) mass is 222 g/mol. The molecule has 0 aromatic heterocycles. The molecule has 0 aliphatic carbocycles. The van der Waals surface area contributed by atoms with Crippen LogP contribution in [0.1, 0.15) is 33.1 Å². The van der Waals surface area contributed by atoms with Crippen molar-refractivity contribution in [2.45, 2.75) is 33.1 Å². The van der Waals surface area contributed by atoms with Crippen molar-refractivity contribution in [3.63, 3.8) is 0 Å². The van der Waals surface area contributed by atoms with Crippen molar-refractivity contribution in [2.24, 2.45) is 5.92 Å². The minimum atomic E-state index is 0.673. The fraction of sp³-hybridized carbons (Fsp3) is 0.571. The third-order valence-corrected chi connectivity index (χ3v) is 2.82. The first-order valence-corrected chi connectivity index (χ1v) is 6.07. The average molecular weight is 222 g/mol. The molecule has 0 bridgehead atoms. The lowest BCUT2D eigenvalue weighted by Crippen LogP contribution is -2.10. The lowest BCUT2D eigenvalue weighted by atomic mass is 10.0. The van der Waals surface area contributed by atoms with E-state index in [0.717, 1.165) is 18.1 Å². The van der Waals surface area contributed by atoms with Crippen molar-refractivity contribution in [1.29, 1.82) is 0 Å². The molecule has 1 unspecified atom stereocenters. The fourth-order valence-electron chi connectivity index (χ4n) is 1.70. The molecule has 0 fully saturated rings. The van der Waals surface area contributed by atoms with Crippen molar-refractivity contribution >= 4 is 0 Å². The summed E-state index contributed by atoms with van der Waals surface area (Å²) in [5, 5.41) is 0. The van der Waals surface area contributed by atoms with Crippen molar-refractivity contribution in [2.75, 3.05) is 13.7 Å². The Kier molecular flexibility index (Phi) is 5.76. The van der Waals surface area contributed by atoms with Crippen molar-refractivity contribution in [3.05, 3.63) is 24.3 Å². The second kappa shape index (κ2) is 7.15. The summed E-state index contributed by atoms with van der Waals surface area (Å²) in [6.45, 7) is 5.25. The standard InChI is InChI=1S/C14H22O2/c1-4-6-12(5-2)11-16-14-9-7-13(15-3)8-10-14/h7-10,12H,4-6,11H2,1-3H3. The zero-order valence-electron chi connectivity index (χ0n) is 10.5. The van der Waals surface area contributed by atoms with Crippen molar-refractivity contribution in [3.8, 4) is 11.5 Å². The van der Waals surface area contributed by atoms with E-state index < -0.39 is 0 Å². The summed E-state index contributed by atoms with van der Waals surface area (Å²) in [5.74, 6) is 2.47. The van der Waals surface area contributed by atoms with E-state index in [2.05, 4.69) is 13.8 Å². The minimum Gasteiger partial charge on any atom is -0.497 e. The van der Waals surface area contributed by atoms with Crippen LogP contribution in [0.5, 0.6) is 11.5 Å². The lowest BCUT2D eigenvalue weighted by molar-refractivity contribution is 0.235. The highest BCUT2D eigenvalue weighted by Gasteiger charge is 2.05. The Hall–Kier alpha value is -1.18. The smallest absolute Gasteiger partial charge is 0.119 e. The average Bonchev–Trinajstić information content (AvgIpc) is 2.35. The fourth-order valence-corrected chi connectivity index (χ4v) is 1.70. The van der Waals surface area contributed by atoms with Crippen LogP contribution in [0.3, 0.4) is 0 Å². The molecular formula is C14H22O2. The van der Waals surface area contributed by atoms with Crippen molar-refractivity contribution < 1.29 is 9.47 Å².